The molecule has 2 aromatic carbocycles. The normalized spacial score (nSPS) is 15.0. The number of amides is 1. The van der Waals surface area contributed by atoms with Crippen molar-refractivity contribution in [3.8, 4) is 0 Å². The van der Waals surface area contributed by atoms with E-state index in [1.807, 2.05) is 12.1 Å². The Bertz CT molecular complexity index is 768. The fraction of sp³-hybridized carbons (Fsp3) is 0.409. The first-order chi connectivity index (χ1) is 13.0. The van der Waals surface area contributed by atoms with Crippen molar-refractivity contribution in [3.63, 3.8) is 0 Å². The van der Waals surface area contributed by atoms with E-state index in [9.17, 15) is 9.18 Å². The minimum Gasteiger partial charge on any atom is -0.369 e. The first kappa shape index (κ1) is 19.4. The summed E-state index contributed by atoms with van der Waals surface area (Å²) >= 11 is 0. The molecule has 1 saturated heterocycles. The number of nitrogens with zero attached hydrogens (tertiary/aromatic N) is 2. The molecule has 0 saturated carbocycles. The van der Waals surface area contributed by atoms with E-state index in [-0.39, 0.29) is 11.7 Å². The van der Waals surface area contributed by atoms with Crippen LogP contribution in [-0.4, -0.2) is 43.5 Å². The van der Waals surface area contributed by atoms with Crippen molar-refractivity contribution in [2.75, 3.05) is 42.9 Å². The maximum Gasteiger partial charge on any atom is 0.224 e. The second-order valence-corrected chi connectivity index (χ2v) is 7.10. The van der Waals surface area contributed by atoms with Gasteiger partial charge in [-0.1, -0.05) is 19.1 Å². The Labute approximate surface area is 161 Å². The number of likely N-dealkylation sites (N-methyl/N-ethyl adjacent to an activating group) is 1. The molecule has 1 fully saturated rings. The Kier molecular flexibility index (Phi) is 6.45. The largest absolute Gasteiger partial charge is 0.369 e. The van der Waals surface area contributed by atoms with Crippen LogP contribution >= 0.6 is 0 Å². The molecule has 27 heavy (non-hydrogen) atoms. The van der Waals surface area contributed by atoms with Crippen molar-refractivity contribution in [3.05, 3.63) is 59.4 Å². The number of carbonyl (C=O) groups is 1. The van der Waals surface area contributed by atoms with Crippen LogP contribution in [0.2, 0.25) is 0 Å². The van der Waals surface area contributed by atoms with Gasteiger partial charge < -0.3 is 15.1 Å². The third kappa shape index (κ3) is 5.30. The second-order valence-electron chi connectivity index (χ2n) is 7.10. The van der Waals surface area contributed by atoms with Crippen LogP contribution in [0.5, 0.6) is 0 Å². The van der Waals surface area contributed by atoms with Gasteiger partial charge in [0, 0.05) is 44.0 Å². The Morgan fingerprint density at radius 2 is 1.78 bits per heavy atom. The van der Waals surface area contributed by atoms with Crippen LogP contribution in [0.15, 0.2) is 42.5 Å². The molecule has 144 valence electrons. The van der Waals surface area contributed by atoms with E-state index in [1.54, 1.807) is 12.1 Å². The highest BCUT2D eigenvalue weighted by atomic mass is 19.1. The van der Waals surface area contributed by atoms with Crippen LogP contribution in [0.4, 0.5) is 15.8 Å². The van der Waals surface area contributed by atoms with E-state index in [4.69, 9.17) is 0 Å². The number of piperazine rings is 1. The van der Waals surface area contributed by atoms with E-state index >= 15 is 0 Å². The zero-order valence-corrected chi connectivity index (χ0v) is 16.2. The molecule has 0 atom stereocenters. The zero-order chi connectivity index (χ0) is 19.2. The standard InChI is InChI=1S/C22H28FN3O/c1-3-25-12-14-26(15-13-25)21-10-9-20(16-17(21)2)24-22(27)11-6-18-4-7-19(23)8-5-18/h4-5,7-10,16H,3,6,11-15H2,1-2H3,(H,24,27). The number of aryl methyl sites for hydroxylation is 2. The third-order valence-corrected chi connectivity index (χ3v) is 5.19. The van der Waals surface area contributed by atoms with Gasteiger partial charge in [0.1, 0.15) is 5.82 Å². The molecule has 0 radical (unpaired) electrons. The Morgan fingerprint density at radius 3 is 2.41 bits per heavy atom. The molecule has 1 aliphatic rings. The summed E-state index contributed by atoms with van der Waals surface area (Å²) in [5, 5.41) is 2.97. The van der Waals surface area contributed by atoms with Gasteiger partial charge in [-0.3, -0.25) is 4.79 Å². The SMILES string of the molecule is CCN1CCN(c2ccc(NC(=O)CCc3ccc(F)cc3)cc2C)CC1. The maximum atomic E-state index is 12.9. The minimum atomic E-state index is -0.255. The molecular formula is C22H28FN3O. The Morgan fingerprint density at radius 1 is 1.07 bits per heavy atom. The zero-order valence-electron chi connectivity index (χ0n) is 16.2. The van der Waals surface area contributed by atoms with E-state index in [0.29, 0.717) is 12.8 Å². The van der Waals surface area contributed by atoms with E-state index in [1.165, 1.54) is 23.4 Å². The highest BCUT2D eigenvalue weighted by molar-refractivity contribution is 5.91. The lowest BCUT2D eigenvalue weighted by atomic mass is 10.1. The highest BCUT2D eigenvalue weighted by Crippen LogP contribution is 2.25. The van der Waals surface area contributed by atoms with Gasteiger partial charge >= 0.3 is 0 Å². The third-order valence-electron chi connectivity index (χ3n) is 5.19. The molecule has 1 N–H and O–H groups in total. The van der Waals surface area contributed by atoms with Crippen LogP contribution in [0.25, 0.3) is 0 Å². The van der Waals surface area contributed by atoms with Gasteiger partial charge in [-0.15, -0.1) is 0 Å². The summed E-state index contributed by atoms with van der Waals surface area (Å²) in [6.07, 6.45) is 0.982. The fourth-order valence-corrected chi connectivity index (χ4v) is 3.53. The maximum absolute atomic E-state index is 12.9. The number of hydrogen-bond acceptors (Lipinski definition) is 3. The predicted molar refractivity (Wildman–Crippen MR) is 109 cm³/mol. The highest BCUT2D eigenvalue weighted by Gasteiger charge is 2.17. The van der Waals surface area contributed by atoms with Crippen molar-refractivity contribution in [1.29, 1.82) is 0 Å². The summed E-state index contributed by atoms with van der Waals surface area (Å²) in [6.45, 7) is 9.67. The molecular weight excluding hydrogens is 341 g/mol. The van der Waals surface area contributed by atoms with Crippen LogP contribution in [0.1, 0.15) is 24.5 Å². The van der Waals surface area contributed by atoms with Crippen molar-refractivity contribution in [1.82, 2.24) is 4.90 Å². The summed E-state index contributed by atoms with van der Waals surface area (Å²) < 4.78 is 12.9. The average Bonchev–Trinajstić information content (AvgIpc) is 2.68. The van der Waals surface area contributed by atoms with Gasteiger partial charge in [-0.25, -0.2) is 4.39 Å². The summed E-state index contributed by atoms with van der Waals surface area (Å²) in [7, 11) is 0. The first-order valence-corrected chi connectivity index (χ1v) is 9.67. The lowest BCUT2D eigenvalue weighted by Crippen LogP contribution is -2.46. The summed E-state index contributed by atoms with van der Waals surface area (Å²) in [5.74, 6) is -0.280. The lowest BCUT2D eigenvalue weighted by molar-refractivity contribution is -0.116. The molecule has 0 aliphatic carbocycles. The molecule has 1 amide bonds. The van der Waals surface area contributed by atoms with Crippen LogP contribution < -0.4 is 10.2 Å². The molecule has 0 aromatic heterocycles. The number of anilines is 2. The number of hydrogen-bond donors (Lipinski definition) is 1. The van der Waals surface area contributed by atoms with Gasteiger partial charge in [0.05, 0.1) is 0 Å². The smallest absolute Gasteiger partial charge is 0.224 e. The number of benzene rings is 2. The Hall–Kier alpha value is -2.40. The monoisotopic (exact) mass is 369 g/mol. The first-order valence-electron chi connectivity index (χ1n) is 9.67. The average molecular weight is 369 g/mol. The molecule has 2 aromatic rings. The van der Waals surface area contributed by atoms with Gasteiger partial charge in [0.15, 0.2) is 0 Å². The molecule has 3 rings (SSSR count). The molecule has 1 heterocycles. The molecule has 5 heteroatoms. The van der Waals surface area contributed by atoms with Crippen molar-refractivity contribution < 1.29 is 9.18 Å². The molecule has 0 unspecified atom stereocenters. The quantitative estimate of drug-likeness (QED) is 0.840. The van der Waals surface area contributed by atoms with Crippen molar-refractivity contribution >= 4 is 17.3 Å². The topological polar surface area (TPSA) is 35.6 Å². The van der Waals surface area contributed by atoms with Crippen LogP contribution in [-0.2, 0) is 11.2 Å². The molecule has 0 spiro atoms. The lowest BCUT2D eigenvalue weighted by Gasteiger charge is -2.36. The molecule has 0 bridgehead atoms. The van der Waals surface area contributed by atoms with Crippen molar-refractivity contribution in [2.24, 2.45) is 0 Å². The number of rotatable bonds is 6. The van der Waals surface area contributed by atoms with E-state index in [0.717, 1.165) is 44.0 Å². The van der Waals surface area contributed by atoms with Crippen LogP contribution in [0, 0.1) is 12.7 Å². The number of halogens is 1. The predicted octanol–water partition coefficient (Wildman–Crippen LogP) is 3.85. The number of nitrogens with one attached hydrogen (secondary N) is 1. The van der Waals surface area contributed by atoms with E-state index in [2.05, 4.69) is 35.0 Å². The second kappa shape index (κ2) is 9.00. The van der Waals surface area contributed by atoms with Gasteiger partial charge in [0.25, 0.3) is 0 Å². The minimum absolute atomic E-state index is 0.0250. The van der Waals surface area contributed by atoms with Crippen LogP contribution in [0.3, 0.4) is 0 Å². The molecule has 4 nitrogen and oxygen atoms in total. The van der Waals surface area contributed by atoms with Gasteiger partial charge in [-0.05, 0) is 61.3 Å². The van der Waals surface area contributed by atoms with Gasteiger partial charge in [-0.2, -0.15) is 0 Å². The summed E-state index contributed by atoms with van der Waals surface area (Å²) in [5.41, 5.74) is 4.21. The summed E-state index contributed by atoms with van der Waals surface area (Å²) in [6, 6.07) is 12.4. The Balaban J connectivity index is 1.54. The van der Waals surface area contributed by atoms with E-state index < -0.39 is 0 Å². The fourth-order valence-electron chi connectivity index (χ4n) is 3.53. The summed E-state index contributed by atoms with van der Waals surface area (Å²) in [4.78, 5) is 17.1. The number of carbonyl (C=O) groups excluding carboxylic acids is 1. The van der Waals surface area contributed by atoms with Crippen molar-refractivity contribution in [2.45, 2.75) is 26.7 Å². The van der Waals surface area contributed by atoms with Gasteiger partial charge in [0.2, 0.25) is 5.91 Å². The molecule has 1 aliphatic heterocycles.